The minimum absolute atomic E-state index is 0.0946. The topological polar surface area (TPSA) is 59.8 Å². The van der Waals surface area contributed by atoms with Gasteiger partial charge in [0, 0.05) is 0 Å². The van der Waals surface area contributed by atoms with E-state index in [1.807, 2.05) is 0 Å². The van der Waals surface area contributed by atoms with E-state index in [1.54, 1.807) is 13.0 Å². The zero-order valence-corrected chi connectivity index (χ0v) is 16.1. The van der Waals surface area contributed by atoms with Crippen molar-refractivity contribution in [2.75, 3.05) is 0 Å². The van der Waals surface area contributed by atoms with Crippen molar-refractivity contribution < 1.29 is 22.4 Å². The van der Waals surface area contributed by atoms with Gasteiger partial charge in [-0.2, -0.15) is 13.2 Å². The van der Waals surface area contributed by atoms with Gasteiger partial charge in [0.15, 0.2) is 11.4 Å². The van der Waals surface area contributed by atoms with E-state index in [-0.39, 0.29) is 10.7 Å². The van der Waals surface area contributed by atoms with Crippen LogP contribution in [0.15, 0.2) is 42.5 Å². The highest BCUT2D eigenvalue weighted by molar-refractivity contribution is 6.42. The maximum absolute atomic E-state index is 13.6. The first kappa shape index (κ1) is 21.1. The summed E-state index contributed by atoms with van der Waals surface area (Å²) in [5.74, 6) is -1.71. The van der Waals surface area contributed by atoms with Crippen LogP contribution >= 0.6 is 23.2 Å². The molecule has 1 N–H and O–H groups in total. The molecule has 0 radical (unpaired) electrons. The molecule has 1 amide bonds. The van der Waals surface area contributed by atoms with Gasteiger partial charge in [0.05, 0.1) is 21.8 Å². The predicted octanol–water partition coefficient (Wildman–Crippen LogP) is 5.22. The highest BCUT2D eigenvalue weighted by Crippen LogP contribution is 2.33. The first-order chi connectivity index (χ1) is 13.6. The molecular weight excluding hydrogens is 435 g/mol. The van der Waals surface area contributed by atoms with Crippen LogP contribution in [-0.4, -0.2) is 20.9 Å². The lowest BCUT2D eigenvalue weighted by molar-refractivity contribution is -0.143. The van der Waals surface area contributed by atoms with Gasteiger partial charge < -0.3 is 5.32 Å². The molecule has 152 valence electrons. The summed E-state index contributed by atoms with van der Waals surface area (Å²) in [5, 5.41) is 9.80. The lowest BCUT2D eigenvalue weighted by Gasteiger charge is -2.15. The maximum atomic E-state index is 13.6. The van der Waals surface area contributed by atoms with Gasteiger partial charge in [0.25, 0.3) is 5.91 Å². The second-order valence-electron chi connectivity index (χ2n) is 6.04. The molecular formula is C18H12Cl2F4N4O. The average molecular weight is 447 g/mol. The molecule has 0 spiro atoms. The van der Waals surface area contributed by atoms with Crippen LogP contribution in [0.4, 0.5) is 17.6 Å². The first-order valence-corrected chi connectivity index (χ1v) is 8.88. The summed E-state index contributed by atoms with van der Waals surface area (Å²) in [6.45, 7) is 1.56. The lowest BCUT2D eigenvalue weighted by Crippen LogP contribution is -2.29. The van der Waals surface area contributed by atoms with Gasteiger partial charge >= 0.3 is 6.18 Å². The Balaban J connectivity index is 1.94. The third kappa shape index (κ3) is 4.51. The Morgan fingerprint density at radius 2 is 1.76 bits per heavy atom. The van der Waals surface area contributed by atoms with Gasteiger partial charge in [-0.1, -0.05) is 34.5 Å². The molecule has 1 heterocycles. The van der Waals surface area contributed by atoms with Crippen molar-refractivity contribution in [2.24, 2.45) is 0 Å². The number of aromatic nitrogens is 3. The smallest absolute Gasteiger partial charge is 0.344 e. The van der Waals surface area contributed by atoms with E-state index in [4.69, 9.17) is 23.2 Å². The zero-order valence-electron chi connectivity index (χ0n) is 14.6. The van der Waals surface area contributed by atoms with Crippen LogP contribution in [0.2, 0.25) is 10.0 Å². The largest absolute Gasteiger partial charge is 0.435 e. The van der Waals surface area contributed by atoms with E-state index < -0.39 is 35.3 Å². The summed E-state index contributed by atoms with van der Waals surface area (Å²) in [7, 11) is 0. The predicted molar refractivity (Wildman–Crippen MR) is 98.7 cm³/mol. The first-order valence-electron chi connectivity index (χ1n) is 8.12. The maximum Gasteiger partial charge on any atom is 0.435 e. The lowest BCUT2D eigenvalue weighted by atomic mass is 10.1. The second-order valence-corrected chi connectivity index (χ2v) is 6.86. The Hall–Kier alpha value is -2.65. The van der Waals surface area contributed by atoms with E-state index in [9.17, 15) is 22.4 Å². The molecule has 1 unspecified atom stereocenters. The Kier molecular flexibility index (Phi) is 5.81. The van der Waals surface area contributed by atoms with Crippen molar-refractivity contribution in [3.63, 3.8) is 0 Å². The fourth-order valence-electron chi connectivity index (χ4n) is 2.58. The molecule has 1 atom stereocenters. The van der Waals surface area contributed by atoms with Crippen molar-refractivity contribution in [1.82, 2.24) is 20.3 Å². The third-order valence-electron chi connectivity index (χ3n) is 4.02. The van der Waals surface area contributed by atoms with E-state index in [2.05, 4.69) is 15.6 Å². The number of hydrogen-bond acceptors (Lipinski definition) is 3. The molecule has 1 aromatic heterocycles. The van der Waals surface area contributed by atoms with Gasteiger partial charge in [0.1, 0.15) is 5.82 Å². The number of benzene rings is 2. The van der Waals surface area contributed by atoms with Gasteiger partial charge in [0.2, 0.25) is 0 Å². The van der Waals surface area contributed by atoms with Crippen LogP contribution in [0.5, 0.6) is 0 Å². The Bertz CT molecular complexity index is 1050. The number of carbonyl (C=O) groups is 1. The molecule has 29 heavy (non-hydrogen) atoms. The Labute approximate surface area is 172 Å². The number of nitrogens with zero attached hydrogens (tertiary/aromatic N) is 3. The summed E-state index contributed by atoms with van der Waals surface area (Å²) < 4.78 is 54.4. The van der Waals surface area contributed by atoms with E-state index in [0.717, 1.165) is 24.3 Å². The van der Waals surface area contributed by atoms with Crippen molar-refractivity contribution in [1.29, 1.82) is 0 Å². The van der Waals surface area contributed by atoms with Crippen LogP contribution in [0.25, 0.3) is 5.69 Å². The van der Waals surface area contributed by atoms with Gasteiger partial charge in [-0.15, -0.1) is 5.10 Å². The van der Waals surface area contributed by atoms with E-state index >= 15 is 0 Å². The molecule has 3 aromatic rings. The van der Waals surface area contributed by atoms with Crippen molar-refractivity contribution in [3.8, 4) is 5.69 Å². The minimum Gasteiger partial charge on any atom is -0.344 e. The van der Waals surface area contributed by atoms with Crippen LogP contribution in [-0.2, 0) is 6.18 Å². The van der Waals surface area contributed by atoms with Crippen LogP contribution < -0.4 is 5.32 Å². The number of carbonyl (C=O) groups excluding carboxylic acids is 1. The quantitative estimate of drug-likeness (QED) is 0.558. The highest BCUT2D eigenvalue weighted by atomic mass is 35.5. The fourth-order valence-corrected chi connectivity index (χ4v) is 2.89. The minimum atomic E-state index is -4.93. The number of halogens is 6. The molecule has 0 fully saturated rings. The molecule has 5 nitrogen and oxygen atoms in total. The molecule has 0 aliphatic rings. The normalized spacial score (nSPS) is 12.7. The molecule has 3 rings (SSSR count). The summed E-state index contributed by atoms with van der Waals surface area (Å²) >= 11 is 11.8. The molecule has 11 heteroatoms. The van der Waals surface area contributed by atoms with Crippen molar-refractivity contribution in [2.45, 2.75) is 19.1 Å². The average Bonchev–Trinajstić information content (AvgIpc) is 3.10. The SMILES string of the molecule is CC(NC(=O)c1nnn(-c2ccc(F)cc2)c1C(F)(F)F)c1ccc(Cl)c(Cl)c1. The molecule has 0 aliphatic carbocycles. The van der Waals surface area contributed by atoms with Crippen LogP contribution in [0, 0.1) is 5.82 Å². The van der Waals surface area contributed by atoms with Gasteiger partial charge in [-0.25, -0.2) is 9.07 Å². The van der Waals surface area contributed by atoms with E-state index in [1.165, 1.54) is 12.1 Å². The molecule has 0 saturated heterocycles. The van der Waals surface area contributed by atoms with E-state index in [0.29, 0.717) is 15.3 Å². The molecule has 0 bridgehead atoms. The molecule has 0 saturated carbocycles. The second kappa shape index (κ2) is 8.00. The Morgan fingerprint density at radius 3 is 2.34 bits per heavy atom. The molecule has 0 aliphatic heterocycles. The molecule has 2 aromatic carbocycles. The number of rotatable bonds is 4. The zero-order chi connectivity index (χ0) is 21.3. The third-order valence-corrected chi connectivity index (χ3v) is 4.76. The number of nitrogens with one attached hydrogen (secondary N) is 1. The number of amides is 1. The summed E-state index contributed by atoms with van der Waals surface area (Å²) in [5.41, 5.74) is -1.84. The highest BCUT2D eigenvalue weighted by Gasteiger charge is 2.42. The standard InChI is InChI=1S/C18H12Cl2F4N4O/c1-9(10-2-7-13(19)14(20)8-10)25-17(29)15-16(18(22,23)24)28(27-26-15)12-5-3-11(21)4-6-12/h2-9H,1H3,(H,25,29). The Morgan fingerprint density at radius 1 is 1.10 bits per heavy atom. The van der Waals surface area contributed by atoms with Crippen LogP contribution in [0.3, 0.4) is 0 Å². The number of hydrogen-bond donors (Lipinski definition) is 1. The van der Waals surface area contributed by atoms with Gasteiger partial charge in [-0.3, -0.25) is 4.79 Å². The van der Waals surface area contributed by atoms with Crippen LogP contribution in [0.1, 0.15) is 34.7 Å². The summed E-state index contributed by atoms with van der Waals surface area (Å²) in [4.78, 5) is 12.5. The summed E-state index contributed by atoms with van der Waals surface area (Å²) in [6, 6.07) is 8.04. The monoisotopic (exact) mass is 446 g/mol. The van der Waals surface area contributed by atoms with Gasteiger partial charge in [-0.05, 0) is 48.9 Å². The summed E-state index contributed by atoms with van der Waals surface area (Å²) in [6.07, 6.45) is -4.93. The number of alkyl halides is 3. The van der Waals surface area contributed by atoms with Crippen molar-refractivity contribution in [3.05, 3.63) is 75.3 Å². The van der Waals surface area contributed by atoms with Crippen molar-refractivity contribution >= 4 is 29.1 Å². The fraction of sp³-hybridized carbons (Fsp3) is 0.167.